The maximum absolute atomic E-state index is 9.93. The van der Waals surface area contributed by atoms with Crippen molar-refractivity contribution in [2.24, 2.45) is 0 Å². The van der Waals surface area contributed by atoms with Gasteiger partial charge in [-0.25, -0.2) is 4.98 Å². The Bertz CT molecular complexity index is 295. The summed E-state index contributed by atoms with van der Waals surface area (Å²) >= 11 is 0. The molecule has 0 amide bonds. The highest BCUT2D eigenvalue weighted by Crippen LogP contribution is 2.25. The van der Waals surface area contributed by atoms with Gasteiger partial charge in [-0.2, -0.15) is 0 Å². The zero-order valence-corrected chi connectivity index (χ0v) is 9.23. The SMILES string of the molecule is COCCCC(O)c1c(C)ccnc1N. The second kappa shape index (κ2) is 5.68. The zero-order chi connectivity index (χ0) is 11.3. The van der Waals surface area contributed by atoms with Crippen LogP contribution in [0.15, 0.2) is 12.3 Å². The van der Waals surface area contributed by atoms with Gasteiger partial charge in [-0.3, -0.25) is 0 Å². The quantitative estimate of drug-likeness (QED) is 0.721. The first-order valence-electron chi connectivity index (χ1n) is 5.04. The van der Waals surface area contributed by atoms with Crippen LogP contribution in [0.25, 0.3) is 0 Å². The van der Waals surface area contributed by atoms with Crippen molar-refractivity contribution in [3.8, 4) is 0 Å². The van der Waals surface area contributed by atoms with E-state index in [1.807, 2.05) is 13.0 Å². The Kier molecular flexibility index (Phi) is 4.52. The number of nitrogens with two attached hydrogens (primary N) is 1. The fourth-order valence-corrected chi connectivity index (χ4v) is 1.59. The Morgan fingerprint density at radius 1 is 1.60 bits per heavy atom. The van der Waals surface area contributed by atoms with Gasteiger partial charge in [-0.05, 0) is 31.4 Å². The molecule has 1 aromatic rings. The first kappa shape index (κ1) is 11.9. The van der Waals surface area contributed by atoms with Gasteiger partial charge in [0.2, 0.25) is 0 Å². The summed E-state index contributed by atoms with van der Waals surface area (Å²) < 4.78 is 4.93. The Balaban J connectivity index is 2.68. The molecule has 1 heterocycles. The molecule has 0 bridgehead atoms. The van der Waals surface area contributed by atoms with Crippen LogP contribution in [0, 0.1) is 6.92 Å². The fourth-order valence-electron chi connectivity index (χ4n) is 1.59. The lowest BCUT2D eigenvalue weighted by Gasteiger charge is -2.14. The number of nitrogens with zero attached hydrogens (tertiary/aromatic N) is 1. The number of aliphatic hydroxyl groups is 1. The molecule has 0 radical (unpaired) electrons. The number of anilines is 1. The molecule has 1 rings (SSSR count). The van der Waals surface area contributed by atoms with Crippen LogP contribution in [0.4, 0.5) is 5.82 Å². The number of aromatic nitrogens is 1. The number of aryl methyl sites for hydroxylation is 1. The third-order valence-corrected chi connectivity index (χ3v) is 2.40. The van der Waals surface area contributed by atoms with Gasteiger partial charge in [0, 0.05) is 25.5 Å². The average Bonchev–Trinajstić information content (AvgIpc) is 2.18. The molecule has 0 aromatic carbocycles. The van der Waals surface area contributed by atoms with Crippen molar-refractivity contribution >= 4 is 5.82 Å². The second-order valence-electron chi connectivity index (χ2n) is 3.58. The van der Waals surface area contributed by atoms with Crippen LogP contribution in [0.2, 0.25) is 0 Å². The molecule has 3 N–H and O–H groups in total. The number of hydrogen-bond acceptors (Lipinski definition) is 4. The molecule has 4 heteroatoms. The second-order valence-corrected chi connectivity index (χ2v) is 3.58. The molecule has 1 unspecified atom stereocenters. The summed E-state index contributed by atoms with van der Waals surface area (Å²) in [5.74, 6) is 0.417. The van der Waals surface area contributed by atoms with E-state index < -0.39 is 6.10 Å². The predicted octanol–water partition coefficient (Wildman–Crippen LogP) is 1.43. The van der Waals surface area contributed by atoms with Crippen molar-refractivity contribution in [1.29, 1.82) is 0 Å². The molecule has 15 heavy (non-hydrogen) atoms. The van der Waals surface area contributed by atoms with E-state index in [2.05, 4.69) is 4.98 Å². The molecular weight excluding hydrogens is 192 g/mol. The molecule has 0 aliphatic carbocycles. The van der Waals surface area contributed by atoms with Crippen molar-refractivity contribution in [3.05, 3.63) is 23.4 Å². The minimum Gasteiger partial charge on any atom is -0.388 e. The number of methoxy groups -OCH3 is 1. The molecule has 1 atom stereocenters. The van der Waals surface area contributed by atoms with Crippen molar-refractivity contribution in [1.82, 2.24) is 4.98 Å². The normalized spacial score (nSPS) is 12.7. The monoisotopic (exact) mass is 210 g/mol. The number of ether oxygens (including phenoxy) is 1. The van der Waals surface area contributed by atoms with E-state index in [4.69, 9.17) is 10.5 Å². The molecule has 0 aliphatic rings. The van der Waals surface area contributed by atoms with Gasteiger partial charge in [0.25, 0.3) is 0 Å². The fraction of sp³-hybridized carbons (Fsp3) is 0.545. The lowest BCUT2D eigenvalue weighted by atomic mass is 10.0. The summed E-state index contributed by atoms with van der Waals surface area (Å²) in [5.41, 5.74) is 7.45. The number of pyridine rings is 1. The van der Waals surface area contributed by atoms with E-state index in [1.54, 1.807) is 13.3 Å². The lowest BCUT2D eigenvalue weighted by molar-refractivity contribution is 0.136. The third kappa shape index (κ3) is 3.18. The average molecular weight is 210 g/mol. The molecule has 0 saturated heterocycles. The molecular formula is C11H18N2O2. The number of aliphatic hydroxyl groups excluding tert-OH is 1. The van der Waals surface area contributed by atoms with Crippen molar-refractivity contribution in [2.75, 3.05) is 19.5 Å². The molecule has 4 nitrogen and oxygen atoms in total. The van der Waals surface area contributed by atoms with Crippen LogP contribution < -0.4 is 5.73 Å². The molecule has 84 valence electrons. The van der Waals surface area contributed by atoms with Crippen LogP contribution in [0.3, 0.4) is 0 Å². The minimum atomic E-state index is -0.547. The van der Waals surface area contributed by atoms with Crippen molar-refractivity contribution in [3.63, 3.8) is 0 Å². The Morgan fingerprint density at radius 2 is 2.33 bits per heavy atom. The summed E-state index contributed by atoms with van der Waals surface area (Å²) in [6.07, 6.45) is 2.56. The predicted molar refractivity (Wildman–Crippen MR) is 59.5 cm³/mol. The van der Waals surface area contributed by atoms with Gasteiger partial charge in [-0.15, -0.1) is 0 Å². The van der Waals surface area contributed by atoms with E-state index in [1.165, 1.54) is 0 Å². The van der Waals surface area contributed by atoms with Gasteiger partial charge in [-0.1, -0.05) is 0 Å². The van der Waals surface area contributed by atoms with Crippen LogP contribution in [-0.4, -0.2) is 23.8 Å². The Labute approximate surface area is 90.1 Å². The van der Waals surface area contributed by atoms with Crippen LogP contribution >= 0.6 is 0 Å². The topological polar surface area (TPSA) is 68.4 Å². The zero-order valence-electron chi connectivity index (χ0n) is 9.23. The Hall–Kier alpha value is -1.13. The van der Waals surface area contributed by atoms with Crippen molar-refractivity contribution < 1.29 is 9.84 Å². The largest absolute Gasteiger partial charge is 0.388 e. The smallest absolute Gasteiger partial charge is 0.129 e. The third-order valence-electron chi connectivity index (χ3n) is 2.40. The summed E-state index contributed by atoms with van der Waals surface area (Å²) in [6.45, 7) is 2.57. The van der Waals surface area contributed by atoms with E-state index in [0.717, 1.165) is 17.5 Å². The first-order valence-corrected chi connectivity index (χ1v) is 5.04. The standard InChI is InChI=1S/C11H18N2O2/c1-8-5-6-13-11(12)10(8)9(14)4-3-7-15-2/h5-6,9,14H,3-4,7H2,1-2H3,(H2,12,13). The molecule has 1 aromatic heterocycles. The van der Waals surface area contributed by atoms with Crippen molar-refractivity contribution in [2.45, 2.75) is 25.9 Å². The van der Waals surface area contributed by atoms with Crippen LogP contribution in [0.5, 0.6) is 0 Å². The lowest BCUT2D eigenvalue weighted by Crippen LogP contribution is -2.07. The number of rotatable bonds is 5. The van der Waals surface area contributed by atoms with E-state index in [-0.39, 0.29) is 0 Å². The maximum Gasteiger partial charge on any atom is 0.129 e. The van der Waals surface area contributed by atoms with Gasteiger partial charge < -0.3 is 15.6 Å². The summed E-state index contributed by atoms with van der Waals surface area (Å²) in [6, 6.07) is 1.85. The van der Waals surface area contributed by atoms with Crippen LogP contribution in [0.1, 0.15) is 30.1 Å². The molecule has 0 saturated carbocycles. The summed E-state index contributed by atoms with van der Waals surface area (Å²) in [4.78, 5) is 3.98. The molecule has 0 aliphatic heterocycles. The number of hydrogen-bond donors (Lipinski definition) is 2. The van der Waals surface area contributed by atoms with E-state index >= 15 is 0 Å². The van der Waals surface area contributed by atoms with E-state index in [0.29, 0.717) is 18.8 Å². The van der Waals surface area contributed by atoms with Crippen LogP contribution in [-0.2, 0) is 4.74 Å². The highest BCUT2D eigenvalue weighted by atomic mass is 16.5. The van der Waals surface area contributed by atoms with Gasteiger partial charge in [0.05, 0.1) is 6.10 Å². The van der Waals surface area contributed by atoms with Gasteiger partial charge in [0.15, 0.2) is 0 Å². The summed E-state index contributed by atoms with van der Waals surface area (Å²) in [5, 5.41) is 9.93. The van der Waals surface area contributed by atoms with E-state index in [9.17, 15) is 5.11 Å². The first-order chi connectivity index (χ1) is 7.16. The molecule has 0 spiro atoms. The highest BCUT2D eigenvalue weighted by Gasteiger charge is 2.13. The minimum absolute atomic E-state index is 0.417. The van der Waals surface area contributed by atoms with Gasteiger partial charge >= 0.3 is 0 Å². The summed E-state index contributed by atoms with van der Waals surface area (Å²) in [7, 11) is 1.65. The molecule has 0 fully saturated rings. The maximum atomic E-state index is 9.93. The number of nitrogen functional groups attached to an aromatic ring is 1. The van der Waals surface area contributed by atoms with Gasteiger partial charge in [0.1, 0.15) is 5.82 Å². The highest BCUT2D eigenvalue weighted by molar-refractivity contribution is 5.45. The Morgan fingerprint density at radius 3 is 2.93 bits per heavy atom.